The lowest BCUT2D eigenvalue weighted by atomic mass is 10.2. The minimum atomic E-state index is -3.32. The molecule has 0 saturated carbocycles. The number of sulfone groups is 1. The zero-order chi connectivity index (χ0) is 25.0. The van der Waals surface area contributed by atoms with Crippen LogP contribution in [0.1, 0.15) is 0 Å². The van der Waals surface area contributed by atoms with Gasteiger partial charge in [0.15, 0.2) is 27.2 Å². The molecule has 36 heavy (non-hydrogen) atoms. The van der Waals surface area contributed by atoms with Crippen LogP contribution in [-0.4, -0.2) is 50.2 Å². The van der Waals surface area contributed by atoms with Gasteiger partial charge in [-0.1, -0.05) is 17.8 Å². The molecule has 4 heterocycles. The summed E-state index contributed by atoms with van der Waals surface area (Å²) >= 11 is 1.43. The highest BCUT2D eigenvalue weighted by molar-refractivity contribution is 7.99. The summed E-state index contributed by atoms with van der Waals surface area (Å²) in [4.78, 5) is 14.3. The first-order valence-corrected chi connectivity index (χ1v) is 13.2. The van der Waals surface area contributed by atoms with Crippen LogP contribution in [0, 0.1) is 0 Å². The molecule has 180 valence electrons. The molecule has 0 radical (unpaired) electrons. The van der Waals surface area contributed by atoms with E-state index in [1.807, 2.05) is 30.3 Å². The van der Waals surface area contributed by atoms with Gasteiger partial charge in [-0.05, 0) is 59.0 Å². The van der Waals surface area contributed by atoms with Crippen molar-refractivity contribution in [2.24, 2.45) is 0 Å². The van der Waals surface area contributed by atoms with Gasteiger partial charge in [0.25, 0.3) is 0 Å². The largest absolute Gasteiger partial charge is 0.453 e. The maximum atomic E-state index is 11.8. The Balaban J connectivity index is 1.43. The molecular formula is C23H18N8O3S2. The molecule has 0 atom stereocenters. The van der Waals surface area contributed by atoms with Crippen LogP contribution < -0.4 is 10.1 Å². The molecule has 0 fully saturated rings. The minimum absolute atomic E-state index is 0.206. The molecular weight excluding hydrogens is 500 g/mol. The van der Waals surface area contributed by atoms with Crippen molar-refractivity contribution >= 4 is 33.2 Å². The van der Waals surface area contributed by atoms with E-state index < -0.39 is 9.84 Å². The van der Waals surface area contributed by atoms with Gasteiger partial charge in [0.2, 0.25) is 0 Å². The zero-order valence-electron chi connectivity index (χ0n) is 18.7. The summed E-state index contributed by atoms with van der Waals surface area (Å²) in [6.07, 6.45) is 6.21. The second-order valence-electron chi connectivity index (χ2n) is 7.44. The summed E-state index contributed by atoms with van der Waals surface area (Å²) in [6.45, 7) is 0. The number of benzene rings is 1. The number of rotatable bonds is 8. The van der Waals surface area contributed by atoms with E-state index in [9.17, 15) is 8.42 Å². The molecule has 4 aromatic heterocycles. The fraction of sp³-hybridized carbons (Fsp3) is 0.0435. The predicted octanol–water partition coefficient (Wildman–Crippen LogP) is 4.14. The van der Waals surface area contributed by atoms with E-state index in [4.69, 9.17) is 4.74 Å². The van der Waals surface area contributed by atoms with E-state index in [0.29, 0.717) is 29.0 Å². The SMILES string of the molecule is CS(=O)(=O)c1ccc(Oc2cc(Sc3ccccn3)cnc2Nc2ccc(-c3nnn[nH]3)cn2)cc1. The van der Waals surface area contributed by atoms with Crippen LogP contribution in [-0.2, 0) is 9.84 Å². The summed E-state index contributed by atoms with van der Waals surface area (Å²) in [7, 11) is -3.32. The molecule has 2 N–H and O–H groups in total. The Hall–Kier alpha value is -4.36. The van der Waals surface area contributed by atoms with E-state index in [-0.39, 0.29) is 4.90 Å². The zero-order valence-corrected chi connectivity index (χ0v) is 20.4. The fourth-order valence-electron chi connectivity index (χ4n) is 3.07. The van der Waals surface area contributed by atoms with Crippen LogP contribution in [0.2, 0.25) is 0 Å². The molecule has 11 nitrogen and oxygen atoms in total. The summed E-state index contributed by atoms with van der Waals surface area (Å²) in [5.74, 6) is 2.33. The van der Waals surface area contributed by atoms with Crippen LogP contribution in [0.15, 0.2) is 94.1 Å². The summed E-state index contributed by atoms with van der Waals surface area (Å²) in [5, 5.41) is 17.7. The molecule has 0 amide bonds. The van der Waals surface area contributed by atoms with E-state index >= 15 is 0 Å². The number of hydrogen-bond acceptors (Lipinski definition) is 11. The van der Waals surface area contributed by atoms with Crippen molar-refractivity contribution in [3.63, 3.8) is 0 Å². The monoisotopic (exact) mass is 518 g/mol. The van der Waals surface area contributed by atoms with Crippen LogP contribution in [0.4, 0.5) is 11.6 Å². The predicted molar refractivity (Wildman–Crippen MR) is 133 cm³/mol. The normalized spacial score (nSPS) is 11.2. The number of hydrogen-bond donors (Lipinski definition) is 2. The number of aromatic nitrogens is 7. The van der Waals surface area contributed by atoms with Gasteiger partial charge in [-0.25, -0.2) is 28.5 Å². The van der Waals surface area contributed by atoms with Crippen LogP contribution in [0.3, 0.4) is 0 Å². The highest BCUT2D eigenvalue weighted by Gasteiger charge is 2.13. The number of nitrogens with zero attached hydrogens (tertiary/aromatic N) is 6. The highest BCUT2D eigenvalue weighted by atomic mass is 32.2. The van der Waals surface area contributed by atoms with Crippen molar-refractivity contribution < 1.29 is 13.2 Å². The second-order valence-corrected chi connectivity index (χ2v) is 10.5. The first-order chi connectivity index (χ1) is 17.4. The molecule has 1 aromatic carbocycles. The molecule has 5 aromatic rings. The number of tetrazole rings is 1. The lowest BCUT2D eigenvalue weighted by Crippen LogP contribution is -2.00. The van der Waals surface area contributed by atoms with Gasteiger partial charge in [-0.3, -0.25) is 0 Å². The number of ether oxygens (including phenoxy) is 1. The molecule has 0 aliphatic carbocycles. The standard InChI is InChI=1S/C23H18N8O3S2/c1-36(32,33)18-8-6-16(7-9-18)34-19-12-17(35-21-4-2-3-11-24-21)14-26-23(19)27-20-10-5-15(13-25-20)22-28-30-31-29-22/h2-14H,1H3,(H,25,26,27)(H,28,29,30,31). The second kappa shape index (κ2) is 10.1. The molecule has 0 spiro atoms. The average molecular weight is 519 g/mol. The third-order valence-electron chi connectivity index (χ3n) is 4.80. The van der Waals surface area contributed by atoms with Gasteiger partial charge in [0.05, 0.1) is 4.90 Å². The van der Waals surface area contributed by atoms with E-state index in [1.54, 1.807) is 36.8 Å². The summed E-state index contributed by atoms with van der Waals surface area (Å²) in [6, 6.07) is 17.2. The molecule has 13 heteroatoms. The van der Waals surface area contributed by atoms with Gasteiger partial charge in [0.1, 0.15) is 16.6 Å². The van der Waals surface area contributed by atoms with Crippen molar-refractivity contribution in [2.75, 3.05) is 11.6 Å². The Morgan fingerprint density at radius 1 is 0.972 bits per heavy atom. The van der Waals surface area contributed by atoms with Gasteiger partial charge >= 0.3 is 0 Å². The topological polar surface area (TPSA) is 149 Å². The third kappa shape index (κ3) is 5.64. The highest BCUT2D eigenvalue weighted by Crippen LogP contribution is 2.35. The lowest BCUT2D eigenvalue weighted by Gasteiger charge is -2.13. The molecule has 0 bridgehead atoms. The van der Waals surface area contributed by atoms with E-state index in [1.165, 1.54) is 23.9 Å². The molecule has 5 rings (SSSR count). The Kier molecular flexibility index (Phi) is 6.56. The number of pyridine rings is 3. The van der Waals surface area contributed by atoms with Crippen LogP contribution >= 0.6 is 11.8 Å². The molecule has 0 aliphatic heterocycles. The summed E-state index contributed by atoms with van der Waals surface area (Å²) < 4.78 is 29.7. The minimum Gasteiger partial charge on any atom is -0.453 e. The number of aromatic amines is 1. The first kappa shape index (κ1) is 23.4. The van der Waals surface area contributed by atoms with Gasteiger partial charge < -0.3 is 10.1 Å². The fourth-order valence-corrected chi connectivity index (χ4v) is 4.48. The van der Waals surface area contributed by atoms with Gasteiger partial charge in [-0.2, -0.15) is 0 Å². The van der Waals surface area contributed by atoms with Crippen molar-refractivity contribution in [3.05, 3.63) is 79.3 Å². The van der Waals surface area contributed by atoms with E-state index in [2.05, 4.69) is 40.9 Å². The van der Waals surface area contributed by atoms with Crippen molar-refractivity contribution in [1.82, 2.24) is 35.6 Å². The first-order valence-electron chi connectivity index (χ1n) is 10.5. The lowest BCUT2D eigenvalue weighted by molar-refractivity contribution is 0.480. The maximum absolute atomic E-state index is 11.8. The van der Waals surface area contributed by atoms with Crippen molar-refractivity contribution in [3.8, 4) is 22.9 Å². The molecule has 0 unspecified atom stereocenters. The quantitative estimate of drug-likeness (QED) is 0.305. The van der Waals surface area contributed by atoms with E-state index in [0.717, 1.165) is 21.7 Å². The van der Waals surface area contributed by atoms with Crippen molar-refractivity contribution in [2.45, 2.75) is 14.8 Å². The average Bonchev–Trinajstić information content (AvgIpc) is 3.42. The van der Waals surface area contributed by atoms with Crippen LogP contribution in [0.5, 0.6) is 11.5 Å². The number of nitrogens with one attached hydrogen (secondary N) is 2. The van der Waals surface area contributed by atoms with Crippen molar-refractivity contribution in [1.29, 1.82) is 0 Å². The smallest absolute Gasteiger partial charge is 0.180 e. The Labute approximate surface area is 210 Å². The number of anilines is 2. The Morgan fingerprint density at radius 3 is 2.50 bits per heavy atom. The molecule has 0 saturated heterocycles. The Morgan fingerprint density at radius 2 is 1.83 bits per heavy atom. The molecule has 0 aliphatic rings. The summed E-state index contributed by atoms with van der Waals surface area (Å²) in [5.41, 5.74) is 0.725. The maximum Gasteiger partial charge on any atom is 0.180 e. The number of H-pyrrole nitrogens is 1. The van der Waals surface area contributed by atoms with Gasteiger partial charge in [0, 0.05) is 41.4 Å². The Bertz CT molecular complexity index is 1560. The van der Waals surface area contributed by atoms with Crippen LogP contribution in [0.25, 0.3) is 11.4 Å². The third-order valence-corrected chi connectivity index (χ3v) is 6.83. The van der Waals surface area contributed by atoms with Gasteiger partial charge in [-0.15, -0.1) is 5.10 Å².